The van der Waals surface area contributed by atoms with E-state index in [0.717, 1.165) is 62.4 Å². The van der Waals surface area contributed by atoms with E-state index in [1.165, 1.54) is 43.0 Å². The molecule has 6 aromatic rings. The van der Waals surface area contributed by atoms with E-state index < -0.39 is 0 Å². The number of nitrogens with one attached hydrogen (secondary N) is 1. The molecule has 1 N–H and O–H groups in total. The lowest BCUT2D eigenvalue weighted by Crippen LogP contribution is -2.22. The number of nitrogens with zero attached hydrogens (tertiary/aromatic N) is 6. The number of ether oxygens (including phenoxy) is 1. The number of anilines is 1. The Bertz CT molecular complexity index is 2320. The number of halogens is 2. The van der Waals surface area contributed by atoms with Gasteiger partial charge < -0.3 is 19.4 Å². The highest BCUT2D eigenvalue weighted by Gasteiger charge is 2.45. The Kier molecular flexibility index (Phi) is 7.34. The normalized spacial score (nSPS) is 17.8. The van der Waals surface area contributed by atoms with Gasteiger partial charge in [0.05, 0.1) is 51.9 Å². The number of carbonyl (C=O) groups is 1. The second-order valence-corrected chi connectivity index (χ2v) is 14.0. The summed E-state index contributed by atoms with van der Waals surface area (Å²) in [6.45, 7) is 2.40. The summed E-state index contributed by atoms with van der Waals surface area (Å²) in [5.41, 5.74) is 6.89. The summed E-state index contributed by atoms with van der Waals surface area (Å²) >= 11 is 1.49. The second-order valence-electron chi connectivity index (χ2n) is 12.9. The van der Waals surface area contributed by atoms with Gasteiger partial charge in [0.2, 0.25) is 11.8 Å². The number of aryl methyl sites for hydroxylation is 3. The van der Waals surface area contributed by atoms with Gasteiger partial charge in [0.15, 0.2) is 11.6 Å². The van der Waals surface area contributed by atoms with Crippen LogP contribution in [-0.2, 0) is 19.3 Å². The van der Waals surface area contributed by atoms with Crippen molar-refractivity contribution in [2.24, 2.45) is 0 Å². The van der Waals surface area contributed by atoms with Crippen LogP contribution < -0.4 is 10.1 Å². The average molecular weight is 692 g/mol. The Labute approximate surface area is 289 Å². The summed E-state index contributed by atoms with van der Waals surface area (Å²) in [6.07, 6.45) is 5.80. The van der Waals surface area contributed by atoms with Gasteiger partial charge in [-0.25, -0.2) is 18.7 Å². The number of benzene rings is 2. The fraction of sp³-hybridized carbons (Fsp3) is 0.297. The first kappa shape index (κ1) is 30.7. The maximum absolute atomic E-state index is 14.5. The van der Waals surface area contributed by atoms with Crippen LogP contribution >= 0.6 is 11.3 Å². The minimum Gasteiger partial charge on any atom is -0.493 e. The first-order chi connectivity index (χ1) is 24.4. The van der Waals surface area contributed by atoms with E-state index in [1.807, 2.05) is 11.0 Å². The molecular formula is C37H31F2N7O3S. The lowest BCUT2D eigenvalue weighted by atomic mass is 9.93. The van der Waals surface area contributed by atoms with E-state index in [4.69, 9.17) is 14.1 Å². The van der Waals surface area contributed by atoms with Crippen molar-refractivity contribution in [1.82, 2.24) is 30.0 Å². The maximum Gasteiger partial charge on any atom is 0.257 e. The van der Waals surface area contributed by atoms with Gasteiger partial charge in [0.1, 0.15) is 18.0 Å². The molecule has 2 unspecified atom stereocenters. The summed E-state index contributed by atoms with van der Waals surface area (Å²) in [4.78, 5) is 31.4. The lowest BCUT2D eigenvalue weighted by Gasteiger charge is -2.16. The SMILES string of the molecule is COc1c(F)ccc2c1CCC2Nc1ncnc2cc(-c3c4c(nc(CCc5ccc(F)cc5)c3-c3nnc(C)o3)C3CCCN3C4=O)sc12. The molecule has 1 saturated heterocycles. The molecule has 2 aromatic carbocycles. The largest absolute Gasteiger partial charge is 0.493 e. The number of methoxy groups -OCH3 is 1. The number of amides is 1. The average Bonchev–Trinajstić information content (AvgIpc) is 3.96. The second kappa shape index (κ2) is 11.9. The molecule has 0 spiro atoms. The Morgan fingerprint density at radius 3 is 2.70 bits per heavy atom. The minimum atomic E-state index is -0.372. The number of pyridine rings is 1. The molecular weight excluding hydrogens is 661 g/mol. The Morgan fingerprint density at radius 1 is 1.04 bits per heavy atom. The molecule has 3 aliphatic rings. The van der Waals surface area contributed by atoms with Gasteiger partial charge >= 0.3 is 0 Å². The number of hydrogen-bond acceptors (Lipinski definition) is 10. The molecule has 1 amide bonds. The van der Waals surface area contributed by atoms with E-state index in [-0.39, 0.29) is 41.3 Å². The highest BCUT2D eigenvalue weighted by atomic mass is 32.1. The van der Waals surface area contributed by atoms with Crippen LogP contribution in [0.1, 0.15) is 75.7 Å². The fourth-order valence-electron chi connectivity index (χ4n) is 7.78. The van der Waals surface area contributed by atoms with Gasteiger partial charge in [-0.05, 0) is 73.9 Å². The third-order valence-corrected chi connectivity index (χ3v) is 11.2. The van der Waals surface area contributed by atoms with Gasteiger partial charge in [-0.2, -0.15) is 0 Å². The number of hydrogen-bond donors (Lipinski definition) is 1. The highest BCUT2D eigenvalue weighted by molar-refractivity contribution is 7.22. The predicted octanol–water partition coefficient (Wildman–Crippen LogP) is 7.57. The monoisotopic (exact) mass is 691 g/mol. The van der Waals surface area contributed by atoms with E-state index >= 15 is 0 Å². The first-order valence-corrected chi connectivity index (χ1v) is 17.5. The molecule has 1 fully saturated rings. The minimum absolute atomic E-state index is 0.0572. The summed E-state index contributed by atoms with van der Waals surface area (Å²) in [5.74, 6) is 0.894. The zero-order valence-corrected chi connectivity index (χ0v) is 28.1. The van der Waals surface area contributed by atoms with Crippen molar-refractivity contribution < 1.29 is 22.7 Å². The summed E-state index contributed by atoms with van der Waals surface area (Å²) in [6, 6.07) is 11.5. The molecule has 0 saturated carbocycles. The third kappa shape index (κ3) is 4.93. The standard InChI is InChI=1S/C37H31F2N7O3S/c1-18-44-45-36(49-18)29-25(13-7-19-5-8-20(38)9-6-19)42-32-27-4-3-15-46(27)37(47)31(32)30(29)28-16-26-34(50-28)35(41-17-40-26)43-24-14-11-22-21(24)10-12-23(39)33(22)48-2/h5-6,8-10,12,16-17,24,27H,3-4,7,11,13-15H2,1-2H3,(H,40,41,43). The van der Waals surface area contributed by atoms with Crippen molar-refractivity contribution in [3.63, 3.8) is 0 Å². The summed E-state index contributed by atoms with van der Waals surface area (Å²) in [7, 11) is 1.49. The Hall–Kier alpha value is -5.30. The Balaban J connectivity index is 1.20. The van der Waals surface area contributed by atoms with Gasteiger partial charge in [-0.15, -0.1) is 21.5 Å². The number of thiophene rings is 1. The van der Waals surface area contributed by atoms with Crippen LogP contribution in [-0.4, -0.2) is 49.6 Å². The smallest absolute Gasteiger partial charge is 0.257 e. The van der Waals surface area contributed by atoms with E-state index in [9.17, 15) is 13.6 Å². The van der Waals surface area contributed by atoms with Crippen LogP contribution in [0.25, 0.3) is 32.1 Å². The van der Waals surface area contributed by atoms with Crippen molar-refractivity contribution in [2.45, 2.75) is 57.5 Å². The van der Waals surface area contributed by atoms with E-state index in [0.29, 0.717) is 54.2 Å². The van der Waals surface area contributed by atoms with Gasteiger partial charge in [-0.3, -0.25) is 9.78 Å². The number of fused-ring (bicyclic) bond motifs is 5. The van der Waals surface area contributed by atoms with E-state index in [1.54, 1.807) is 25.1 Å². The number of carbonyl (C=O) groups excluding carboxylic acids is 1. The zero-order chi connectivity index (χ0) is 34.1. The van der Waals surface area contributed by atoms with Gasteiger partial charge in [-0.1, -0.05) is 18.2 Å². The van der Waals surface area contributed by atoms with Crippen molar-refractivity contribution in [2.75, 3.05) is 19.0 Å². The molecule has 6 heterocycles. The molecule has 13 heteroatoms. The van der Waals surface area contributed by atoms with Crippen molar-refractivity contribution in [3.05, 3.63) is 100.0 Å². The van der Waals surface area contributed by atoms with Gasteiger partial charge in [0.25, 0.3) is 5.91 Å². The lowest BCUT2D eigenvalue weighted by molar-refractivity contribution is 0.0776. The summed E-state index contributed by atoms with van der Waals surface area (Å²) < 4.78 is 40.5. The molecule has 252 valence electrons. The van der Waals surface area contributed by atoms with Crippen LogP contribution in [0.5, 0.6) is 5.75 Å². The number of rotatable bonds is 8. The quantitative estimate of drug-likeness (QED) is 0.172. The van der Waals surface area contributed by atoms with Crippen molar-refractivity contribution >= 4 is 33.3 Å². The molecule has 0 radical (unpaired) electrons. The van der Waals surface area contributed by atoms with Crippen molar-refractivity contribution in [1.29, 1.82) is 0 Å². The van der Waals surface area contributed by atoms with Crippen LogP contribution in [0.2, 0.25) is 0 Å². The van der Waals surface area contributed by atoms with Gasteiger partial charge in [0, 0.05) is 29.5 Å². The van der Waals surface area contributed by atoms with Crippen molar-refractivity contribution in [3.8, 4) is 27.6 Å². The molecule has 2 atom stereocenters. The van der Waals surface area contributed by atoms with Crippen LogP contribution in [0.4, 0.5) is 14.6 Å². The third-order valence-electron chi connectivity index (χ3n) is 10.0. The number of aromatic nitrogens is 5. The topological polar surface area (TPSA) is 119 Å². The first-order valence-electron chi connectivity index (χ1n) is 16.7. The van der Waals surface area contributed by atoms with Crippen LogP contribution in [0.15, 0.2) is 53.2 Å². The summed E-state index contributed by atoms with van der Waals surface area (Å²) in [5, 5.41) is 12.2. The molecule has 10 nitrogen and oxygen atoms in total. The van der Waals surface area contributed by atoms with Crippen LogP contribution in [0, 0.1) is 18.6 Å². The fourth-order valence-corrected chi connectivity index (χ4v) is 8.90. The highest BCUT2D eigenvalue weighted by Crippen LogP contribution is 2.50. The maximum atomic E-state index is 14.5. The molecule has 4 aromatic heterocycles. The van der Waals surface area contributed by atoms with E-state index in [2.05, 4.69) is 25.5 Å². The molecule has 0 bridgehead atoms. The molecule has 9 rings (SSSR count). The molecule has 1 aliphatic carbocycles. The zero-order valence-electron chi connectivity index (χ0n) is 27.3. The molecule has 50 heavy (non-hydrogen) atoms. The predicted molar refractivity (Wildman–Crippen MR) is 183 cm³/mol. The van der Waals surface area contributed by atoms with Crippen LogP contribution in [0.3, 0.4) is 0 Å². The Morgan fingerprint density at radius 2 is 1.90 bits per heavy atom. The molecule has 2 aliphatic heterocycles.